The van der Waals surface area contributed by atoms with Crippen LogP contribution in [0.15, 0.2) is 21.9 Å². The number of carbonyl (C=O) groups excluding carboxylic acids is 1. The Bertz CT molecular complexity index is 826. The molecular weight excluding hydrogens is 348 g/mol. The lowest BCUT2D eigenvalue weighted by Crippen LogP contribution is -2.49. The number of aliphatic hydroxyl groups is 3. The van der Waals surface area contributed by atoms with E-state index in [1.54, 1.807) is 0 Å². The molecule has 0 radical (unpaired) electrons. The Kier molecular flexibility index (Phi) is 5.62. The molecule has 6 N–H and O–H groups in total. The van der Waals surface area contributed by atoms with Crippen molar-refractivity contribution in [2.75, 3.05) is 6.61 Å². The molecule has 2 unspecified atom stereocenters. The molecule has 0 aliphatic heterocycles. The number of aliphatic hydroxyl groups excluding tert-OH is 3. The van der Waals surface area contributed by atoms with Crippen LogP contribution in [0, 0.1) is 17.2 Å². The molecule has 1 heterocycles. The lowest BCUT2D eigenvalue weighted by atomic mass is 9.95. The van der Waals surface area contributed by atoms with Crippen molar-refractivity contribution in [1.82, 2.24) is 9.55 Å². The molecule has 0 bridgehead atoms. The summed E-state index contributed by atoms with van der Waals surface area (Å²) < 4.78 is 5.78. The lowest BCUT2D eigenvalue weighted by Gasteiger charge is -2.27. The number of esters is 1. The molecule has 0 saturated heterocycles. The van der Waals surface area contributed by atoms with Gasteiger partial charge in [0.2, 0.25) is 0 Å². The molecule has 0 aromatic carbocycles. The number of ether oxygens (including phenoxy) is 1. The highest BCUT2D eigenvalue weighted by atomic mass is 16.5. The largest absolute Gasteiger partial charge is 0.464 e. The second-order valence-corrected chi connectivity index (χ2v) is 6.31. The van der Waals surface area contributed by atoms with E-state index in [4.69, 9.17) is 10.5 Å². The molecule has 1 aliphatic carbocycles. The summed E-state index contributed by atoms with van der Waals surface area (Å²) in [7, 11) is 0. The highest BCUT2D eigenvalue weighted by Crippen LogP contribution is 2.40. The maximum Gasteiger partial charge on any atom is 0.329 e. The molecule has 11 nitrogen and oxygen atoms in total. The molecule has 0 spiro atoms. The number of hydrogen-bond donors (Lipinski definition) is 5. The summed E-state index contributed by atoms with van der Waals surface area (Å²) in [4.78, 5) is 36.9. The zero-order chi connectivity index (χ0) is 19.6. The van der Waals surface area contributed by atoms with Crippen LogP contribution in [0.2, 0.25) is 0 Å². The maximum atomic E-state index is 12.0. The summed E-state index contributed by atoms with van der Waals surface area (Å²) in [6.45, 7) is 0.933. The summed E-state index contributed by atoms with van der Waals surface area (Å²) in [5, 5.41) is 39.4. The molecular formula is C15H20N4O7. The van der Waals surface area contributed by atoms with Gasteiger partial charge in [0.25, 0.3) is 5.56 Å². The molecule has 2 rings (SSSR count). The Hall–Kier alpha value is -2.52. The number of nitrogens with two attached hydrogens (primary N) is 1. The van der Waals surface area contributed by atoms with Gasteiger partial charge in [-0.25, -0.2) is 4.79 Å². The number of H-pyrrole nitrogens is 1. The van der Waals surface area contributed by atoms with Crippen molar-refractivity contribution in [2.24, 2.45) is 11.7 Å². The first kappa shape index (κ1) is 19.8. The highest BCUT2D eigenvalue weighted by Gasteiger charge is 2.55. The van der Waals surface area contributed by atoms with E-state index in [2.05, 4.69) is 0 Å². The van der Waals surface area contributed by atoms with Gasteiger partial charge in [0.05, 0.1) is 24.9 Å². The zero-order valence-corrected chi connectivity index (χ0v) is 13.9. The number of nitrogens with zero attached hydrogens (tertiary/aromatic N) is 2. The number of hydrogen-bond acceptors (Lipinski definition) is 9. The minimum atomic E-state index is -1.84. The van der Waals surface area contributed by atoms with Crippen LogP contribution in [0.4, 0.5) is 0 Å². The molecule has 1 fully saturated rings. The van der Waals surface area contributed by atoms with Crippen molar-refractivity contribution in [3.63, 3.8) is 0 Å². The number of aromatic amines is 1. The fourth-order valence-corrected chi connectivity index (χ4v) is 2.96. The smallest absolute Gasteiger partial charge is 0.329 e. The van der Waals surface area contributed by atoms with Crippen molar-refractivity contribution in [1.29, 1.82) is 5.26 Å². The molecule has 26 heavy (non-hydrogen) atoms. The van der Waals surface area contributed by atoms with Gasteiger partial charge < -0.3 is 25.8 Å². The SMILES string of the molecule is CC(O)[C@H](N)C(=O)OC[C@H]1C[C@@](C#N)(n2ccc(=O)[nH]c2=O)[C@@H](O)C1O. The van der Waals surface area contributed by atoms with E-state index in [1.807, 2.05) is 11.1 Å². The predicted molar refractivity (Wildman–Crippen MR) is 85.6 cm³/mol. The maximum absolute atomic E-state index is 12.0. The molecule has 1 aromatic rings. The fraction of sp³-hybridized carbons (Fsp3) is 0.600. The van der Waals surface area contributed by atoms with Crippen molar-refractivity contribution in [3.8, 4) is 6.07 Å². The summed E-state index contributed by atoms with van der Waals surface area (Å²) in [6, 6.07) is 1.55. The molecule has 1 aromatic heterocycles. The fourth-order valence-electron chi connectivity index (χ4n) is 2.96. The number of carbonyl (C=O) groups is 1. The Morgan fingerprint density at radius 3 is 2.77 bits per heavy atom. The van der Waals surface area contributed by atoms with Gasteiger partial charge in [-0.15, -0.1) is 0 Å². The van der Waals surface area contributed by atoms with Crippen molar-refractivity contribution in [2.45, 2.75) is 43.2 Å². The van der Waals surface area contributed by atoms with E-state index in [0.717, 1.165) is 16.8 Å². The van der Waals surface area contributed by atoms with Gasteiger partial charge >= 0.3 is 11.7 Å². The minimum absolute atomic E-state index is 0.213. The van der Waals surface area contributed by atoms with Gasteiger partial charge in [0.15, 0.2) is 5.54 Å². The van der Waals surface area contributed by atoms with E-state index in [0.29, 0.717) is 0 Å². The van der Waals surface area contributed by atoms with Crippen LogP contribution in [0.1, 0.15) is 13.3 Å². The zero-order valence-electron chi connectivity index (χ0n) is 13.9. The van der Waals surface area contributed by atoms with Gasteiger partial charge in [0, 0.05) is 18.2 Å². The highest BCUT2D eigenvalue weighted by molar-refractivity contribution is 5.76. The molecule has 142 valence electrons. The molecule has 1 saturated carbocycles. The van der Waals surface area contributed by atoms with E-state index in [9.17, 15) is 35.0 Å². The van der Waals surface area contributed by atoms with Crippen LogP contribution < -0.4 is 17.0 Å². The van der Waals surface area contributed by atoms with Gasteiger partial charge in [-0.1, -0.05) is 0 Å². The van der Waals surface area contributed by atoms with Crippen molar-refractivity contribution in [3.05, 3.63) is 33.1 Å². The summed E-state index contributed by atoms with van der Waals surface area (Å²) in [6.07, 6.45) is -3.43. The third-order valence-corrected chi connectivity index (χ3v) is 4.55. The van der Waals surface area contributed by atoms with Crippen LogP contribution in [-0.2, 0) is 15.1 Å². The van der Waals surface area contributed by atoms with Gasteiger partial charge in [-0.2, -0.15) is 5.26 Å². The lowest BCUT2D eigenvalue weighted by molar-refractivity contribution is -0.150. The average molecular weight is 368 g/mol. The van der Waals surface area contributed by atoms with Crippen LogP contribution >= 0.6 is 0 Å². The second kappa shape index (κ2) is 7.38. The Morgan fingerprint density at radius 1 is 1.58 bits per heavy atom. The van der Waals surface area contributed by atoms with Crippen LogP contribution in [0.5, 0.6) is 0 Å². The molecule has 0 amide bonds. The third-order valence-electron chi connectivity index (χ3n) is 4.55. The Morgan fingerprint density at radius 2 is 2.23 bits per heavy atom. The van der Waals surface area contributed by atoms with Crippen LogP contribution in [-0.4, -0.2) is 61.8 Å². The number of nitrogens with one attached hydrogen (secondary N) is 1. The van der Waals surface area contributed by atoms with E-state index in [-0.39, 0.29) is 13.0 Å². The Balaban J connectivity index is 2.25. The normalized spacial score (nSPS) is 30.4. The second-order valence-electron chi connectivity index (χ2n) is 6.31. The quantitative estimate of drug-likeness (QED) is 0.332. The standard InChI is InChI=1S/C15H20N4O7/c1-7(20)10(17)13(24)26-5-8-4-15(6-16,12(23)11(8)22)19-3-2-9(21)18-14(19)25/h2-3,7-8,10-12,20,22-23H,4-5,17H2,1H3,(H,18,21,25)/t7?,8-,10+,11?,12+,15+/m1/s1. The van der Waals surface area contributed by atoms with Crippen molar-refractivity contribution < 1.29 is 24.9 Å². The van der Waals surface area contributed by atoms with Gasteiger partial charge in [-0.3, -0.25) is 19.1 Å². The van der Waals surface area contributed by atoms with E-state index in [1.165, 1.54) is 6.92 Å². The summed E-state index contributed by atoms with van der Waals surface area (Å²) >= 11 is 0. The van der Waals surface area contributed by atoms with Crippen molar-refractivity contribution >= 4 is 5.97 Å². The van der Waals surface area contributed by atoms with Gasteiger partial charge in [-0.05, 0) is 13.3 Å². The third kappa shape index (κ3) is 3.40. The van der Waals surface area contributed by atoms with E-state index < -0.39 is 53.0 Å². The first-order valence-electron chi connectivity index (χ1n) is 7.84. The molecule has 6 atom stereocenters. The Labute approximate surface area is 147 Å². The summed E-state index contributed by atoms with van der Waals surface area (Å²) in [5.41, 5.74) is 2.01. The monoisotopic (exact) mass is 368 g/mol. The number of aromatic nitrogens is 2. The van der Waals surface area contributed by atoms with Crippen LogP contribution in [0.25, 0.3) is 0 Å². The first-order valence-corrected chi connectivity index (χ1v) is 7.84. The molecule has 11 heteroatoms. The van der Waals surface area contributed by atoms with Crippen LogP contribution in [0.3, 0.4) is 0 Å². The number of nitriles is 1. The first-order chi connectivity index (χ1) is 12.1. The topological polar surface area (TPSA) is 192 Å². The minimum Gasteiger partial charge on any atom is -0.464 e. The summed E-state index contributed by atoms with van der Waals surface area (Å²) in [5.74, 6) is -1.77. The van der Waals surface area contributed by atoms with E-state index >= 15 is 0 Å². The predicted octanol–water partition coefficient (Wildman–Crippen LogP) is -3.25. The average Bonchev–Trinajstić information content (AvgIpc) is 2.84. The molecule has 1 aliphatic rings. The van der Waals surface area contributed by atoms with Gasteiger partial charge in [0.1, 0.15) is 12.1 Å². The number of rotatable bonds is 5.